The van der Waals surface area contributed by atoms with Gasteiger partial charge in [0.1, 0.15) is 46.0 Å². The maximum atomic E-state index is 10.1. The molecule has 0 amide bonds. The van der Waals surface area contributed by atoms with E-state index in [9.17, 15) is 15.3 Å². The van der Waals surface area contributed by atoms with E-state index in [2.05, 4.69) is 0 Å². The van der Waals surface area contributed by atoms with Crippen molar-refractivity contribution in [2.75, 3.05) is 7.11 Å². The second kappa shape index (κ2) is 13.5. The maximum Gasteiger partial charge on any atom is 0.110 e. The third-order valence-electron chi connectivity index (χ3n) is 3.50. The minimum atomic E-state index is -0.678. The van der Waals surface area contributed by atoms with Crippen molar-refractivity contribution in [3.05, 3.63) is 0 Å². The third kappa shape index (κ3) is 11.7. The number of hydrogen-bond donors (Lipinski definition) is 3. The fourth-order valence-electron chi connectivity index (χ4n) is 2.28. The lowest BCUT2D eigenvalue weighted by Crippen LogP contribution is -2.28. The van der Waals surface area contributed by atoms with Gasteiger partial charge in [-0.05, 0) is 26.7 Å². The van der Waals surface area contributed by atoms with Crippen LogP contribution in [0.4, 0.5) is 0 Å². The molecule has 6 nitrogen and oxygen atoms in total. The van der Waals surface area contributed by atoms with Gasteiger partial charge >= 0.3 is 0 Å². The normalized spacial score (nSPS) is 20.2. The second-order valence-electron chi connectivity index (χ2n) is 5.80. The highest BCUT2D eigenvalue weighted by atomic mass is 127. The monoisotopic (exact) mass is 546 g/mol. The number of methoxy groups -OCH3 is 1. The summed E-state index contributed by atoms with van der Waals surface area (Å²) >= 11 is 3.58. The first kappa shape index (κ1) is 23.2. The molecule has 0 aromatic carbocycles. The van der Waals surface area contributed by atoms with Gasteiger partial charge in [-0.3, -0.25) is 0 Å². The fraction of sp³-hybridized carbons (Fsp3) is 1.00. The Morgan fingerprint density at radius 1 is 0.727 bits per heavy atom. The molecule has 0 rings (SSSR count). The smallest absolute Gasteiger partial charge is 0.110 e. The fourth-order valence-corrected chi connectivity index (χ4v) is 2.90. The molecule has 0 aliphatic carbocycles. The molecule has 0 radical (unpaired) electrons. The van der Waals surface area contributed by atoms with Gasteiger partial charge < -0.3 is 26.2 Å². The standard InChI is InChI=1S/C14H28I2O6/c1-9(20-3)4-12(18)7-14(22-16)8-13(19)6-11(17)5-10(2)21-15/h9-14,17-19H,4-8H2,1-3H3. The molecule has 8 heteroatoms. The van der Waals surface area contributed by atoms with E-state index in [1.165, 1.54) is 0 Å². The number of halogens is 2. The number of aliphatic hydroxyl groups is 3. The third-order valence-corrected chi connectivity index (χ3v) is 5.09. The number of ether oxygens (including phenoxy) is 1. The zero-order chi connectivity index (χ0) is 17.1. The largest absolute Gasteiger partial charge is 0.393 e. The van der Waals surface area contributed by atoms with E-state index < -0.39 is 18.3 Å². The summed E-state index contributed by atoms with van der Waals surface area (Å²) in [5.41, 5.74) is 0. The van der Waals surface area contributed by atoms with Crippen molar-refractivity contribution in [1.82, 2.24) is 0 Å². The molecular formula is C14H28I2O6. The summed E-state index contributed by atoms with van der Waals surface area (Å²) < 4.78 is 15.5. The Morgan fingerprint density at radius 3 is 1.64 bits per heavy atom. The van der Waals surface area contributed by atoms with E-state index in [0.29, 0.717) is 25.7 Å². The van der Waals surface area contributed by atoms with Gasteiger partial charge in [0.2, 0.25) is 0 Å². The van der Waals surface area contributed by atoms with Crippen LogP contribution >= 0.6 is 46.0 Å². The highest BCUT2D eigenvalue weighted by Gasteiger charge is 2.22. The number of rotatable bonds is 13. The summed E-state index contributed by atoms with van der Waals surface area (Å²) in [4.78, 5) is 0. The van der Waals surface area contributed by atoms with Crippen molar-refractivity contribution in [1.29, 1.82) is 0 Å². The Kier molecular flexibility index (Phi) is 14.3. The van der Waals surface area contributed by atoms with Gasteiger partial charge in [0.15, 0.2) is 0 Å². The van der Waals surface area contributed by atoms with Gasteiger partial charge in [0.25, 0.3) is 0 Å². The van der Waals surface area contributed by atoms with Crippen molar-refractivity contribution in [2.45, 2.75) is 82.6 Å². The van der Waals surface area contributed by atoms with Crippen LogP contribution in [-0.4, -0.2) is 59.1 Å². The molecule has 0 fully saturated rings. The summed E-state index contributed by atoms with van der Waals surface area (Å²) in [6.07, 6.45) is -0.112. The molecule has 6 atom stereocenters. The molecule has 6 unspecified atom stereocenters. The molecule has 0 heterocycles. The van der Waals surface area contributed by atoms with E-state index in [1.807, 2.05) is 13.8 Å². The average molecular weight is 546 g/mol. The molecule has 0 bridgehead atoms. The van der Waals surface area contributed by atoms with Crippen LogP contribution < -0.4 is 0 Å². The molecule has 134 valence electrons. The SMILES string of the molecule is COC(C)CC(O)CC(CC(O)CC(O)CC(C)OI)OI. The lowest BCUT2D eigenvalue weighted by Gasteiger charge is -2.23. The van der Waals surface area contributed by atoms with Crippen LogP contribution in [-0.2, 0) is 10.9 Å². The lowest BCUT2D eigenvalue weighted by molar-refractivity contribution is 0.0165. The summed E-state index contributed by atoms with van der Waals surface area (Å²) in [6, 6.07) is 0. The van der Waals surface area contributed by atoms with Gasteiger partial charge in [0.05, 0.1) is 36.6 Å². The molecule has 0 aromatic rings. The highest BCUT2D eigenvalue weighted by Crippen LogP contribution is 2.19. The van der Waals surface area contributed by atoms with E-state index in [0.717, 1.165) is 0 Å². The summed E-state index contributed by atoms with van der Waals surface area (Å²) in [6.45, 7) is 3.76. The van der Waals surface area contributed by atoms with Crippen LogP contribution in [0.3, 0.4) is 0 Å². The first-order valence-corrected chi connectivity index (χ1v) is 9.20. The zero-order valence-corrected chi connectivity index (χ0v) is 17.6. The lowest BCUT2D eigenvalue weighted by atomic mass is 9.98. The van der Waals surface area contributed by atoms with E-state index in [1.54, 1.807) is 53.1 Å². The van der Waals surface area contributed by atoms with Gasteiger partial charge in [-0.15, -0.1) is 0 Å². The molecule has 0 saturated carbocycles. The number of aliphatic hydroxyl groups excluding tert-OH is 3. The molecule has 0 aliphatic heterocycles. The molecule has 3 N–H and O–H groups in total. The van der Waals surface area contributed by atoms with Crippen LogP contribution in [0.15, 0.2) is 0 Å². The van der Waals surface area contributed by atoms with Crippen LogP contribution in [0.2, 0.25) is 0 Å². The average Bonchev–Trinajstić information content (AvgIpc) is 2.45. The zero-order valence-electron chi connectivity index (χ0n) is 13.3. The Morgan fingerprint density at radius 2 is 1.18 bits per heavy atom. The highest BCUT2D eigenvalue weighted by molar-refractivity contribution is 14.1. The van der Waals surface area contributed by atoms with Gasteiger partial charge in [-0.2, -0.15) is 0 Å². The van der Waals surface area contributed by atoms with Crippen molar-refractivity contribution >= 4 is 46.0 Å². The van der Waals surface area contributed by atoms with Crippen molar-refractivity contribution < 1.29 is 26.2 Å². The summed E-state index contributed by atoms with van der Waals surface area (Å²) in [7, 11) is 1.61. The van der Waals surface area contributed by atoms with Crippen LogP contribution in [0.5, 0.6) is 0 Å². The molecule has 0 aliphatic rings. The minimum absolute atomic E-state index is 0.0219. The van der Waals surface area contributed by atoms with E-state index in [4.69, 9.17) is 10.9 Å². The topological polar surface area (TPSA) is 88.4 Å². The molecule has 0 saturated heterocycles. The Hall–Kier alpha value is 1.22. The maximum absolute atomic E-state index is 10.1. The molecule has 0 aromatic heterocycles. The Bertz CT molecular complexity index is 272. The predicted molar refractivity (Wildman–Crippen MR) is 101 cm³/mol. The Balaban J connectivity index is 4.14. The minimum Gasteiger partial charge on any atom is -0.393 e. The van der Waals surface area contributed by atoms with Crippen molar-refractivity contribution in [3.8, 4) is 0 Å². The van der Waals surface area contributed by atoms with Gasteiger partial charge in [-0.1, -0.05) is 0 Å². The quantitative estimate of drug-likeness (QED) is 0.308. The van der Waals surface area contributed by atoms with Gasteiger partial charge in [-0.25, -0.2) is 0 Å². The first-order chi connectivity index (χ1) is 10.3. The molecular weight excluding hydrogens is 518 g/mol. The first-order valence-electron chi connectivity index (χ1n) is 7.44. The Labute approximate surface area is 161 Å². The predicted octanol–water partition coefficient (Wildman–Crippen LogP) is 2.54. The van der Waals surface area contributed by atoms with Crippen molar-refractivity contribution in [2.24, 2.45) is 0 Å². The van der Waals surface area contributed by atoms with Crippen LogP contribution in [0, 0.1) is 0 Å². The van der Waals surface area contributed by atoms with Gasteiger partial charge in [0, 0.05) is 26.4 Å². The second-order valence-corrected chi connectivity index (χ2v) is 6.81. The molecule has 22 heavy (non-hydrogen) atoms. The van der Waals surface area contributed by atoms with Crippen LogP contribution in [0.25, 0.3) is 0 Å². The summed E-state index contributed by atoms with van der Waals surface area (Å²) in [5.74, 6) is 0. The number of hydrogen-bond acceptors (Lipinski definition) is 6. The van der Waals surface area contributed by atoms with E-state index >= 15 is 0 Å². The van der Waals surface area contributed by atoms with E-state index in [-0.39, 0.29) is 24.7 Å². The van der Waals surface area contributed by atoms with Crippen LogP contribution in [0.1, 0.15) is 46.0 Å². The summed E-state index contributed by atoms with van der Waals surface area (Å²) in [5, 5.41) is 29.9. The van der Waals surface area contributed by atoms with Crippen molar-refractivity contribution in [3.63, 3.8) is 0 Å². The molecule has 0 spiro atoms.